The molecule has 0 atom stereocenters. The standard InChI is InChI=1S/C23H28FNO3/c1-22(2,3)28-21(27)25(16-18-6-4-17(5-7-18)12-15-26)23(13-14-23)19-8-10-20(24)11-9-19/h4-11,26H,12-16H2,1-3H3. The quantitative estimate of drug-likeness (QED) is 0.778. The van der Waals surface area contributed by atoms with Gasteiger partial charge in [0, 0.05) is 13.2 Å². The SMILES string of the molecule is CC(C)(C)OC(=O)N(Cc1ccc(CCO)cc1)C1(c2ccc(F)cc2)CC1. The molecule has 0 spiro atoms. The minimum Gasteiger partial charge on any atom is -0.444 e. The third kappa shape index (κ3) is 4.71. The zero-order valence-electron chi connectivity index (χ0n) is 16.7. The number of rotatable bonds is 6. The number of hydrogen-bond acceptors (Lipinski definition) is 3. The summed E-state index contributed by atoms with van der Waals surface area (Å²) in [6.45, 7) is 6.07. The fourth-order valence-corrected chi connectivity index (χ4v) is 3.42. The summed E-state index contributed by atoms with van der Waals surface area (Å²) in [7, 11) is 0. The van der Waals surface area contributed by atoms with Gasteiger partial charge in [0.05, 0.1) is 5.54 Å². The molecule has 1 amide bonds. The molecule has 3 rings (SSSR count). The van der Waals surface area contributed by atoms with E-state index >= 15 is 0 Å². The van der Waals surface area contributed by atoms with Crippen molar-refractivity contribution in [3.63, 3.8) is 0 Å². The van der Waals surface area contributed by atoms with E-state index in [-0.39, 0.29) is 18.5 Å². The van der Waals surface area contributed by atoms with Crippen molar-refractivity contribution < 1.29 is 19.0 Å². The number of benzene rings is 2. The van der Waals surface area contributed by atoms with Gasteiger partial charge in [0.25, 0.3) is 0 Å². The molecule has 0 unspecified atom stereocenters. The van der Waals surface area contributed by atoms with Crippen molar-refractivity contribution >= 4 is 6.09 Å². The molecule has 4 nitrogen and oxygen atoms in total. The maximum absolute atomic E-state index is 13.4. The Morgan fingerprint density at radius 2 is 1.64 bits per heavy atom. The van der Waals surface area contributed by atoms with Gasteiger partial charge in [-0.15, -0.1) is 0 Å². The highest BCUT2D eigenvalue weighted by molar-refractivity contribution is 5.70. The van der Waals surface area contributed by atoms with Gasteiger partial charge >= 0.3 is 6.09 Å². The molecule has 1 aliphatic carbocycles. The zero-order chi connectivity index (χ0) is 20.4. The maximum atomic E-state index is 13.4. The Bertz CT molecular complexity index is 805. The van der Waals surface area contributed by atoms with Gasteiger partial charge < -0.3 is 9.84 Å². The Labute approximate surface area is 165 Å². The molecule has 1 N–H and O–H groups in total. The predicted octanol–water partition coefficient (Wildman–Crippen LogP) is 4.79. The second kappa shape index (κ2) is 7.92. The molecule has 150 valence electrons. The van der Waals surface area contributed by atoms with E-state index in [0.29, 0.717) is 13.0 Å². The van der Waals surface area contributed by atoms with Gasteiger partial charge in [0.1, 0.15) is 11.4 Å². The van der Waals surface area contributed by atoms with Crippen LogP contribution in [-0.4, -0.2) is 28.3 Å². The molecule has 0 aromatic heterocycles. The predicted molar refractivity (Wildman–Crippen MR) is 106 cm³/mol. The van der Waals surface area contributed by atoms with E-state index < -0.39 is 11.1 Å². The fraction of sp³-hybridized carbons (Fsp3) is 0.435. The maximum Gasteiger partial charge on any atom is 0.411 e. The summed E-state index contributed by atoms with van der Waals surface area (Å²) in [5.41, 5.74) is 1.91. The highest BCUT2D eigenvalue weighted by Gasteiger charge is 2.52. The number of ether oxygens (including phenoxy) is 1. The molecule has 0 radical (unpaired) electrons. The summed E-state index contributed by atoms with van der Waals surface area (Å²) in [5.74, 6) is -0.289. The van der Waals surface area contributed by atoms with Crippen molar-refractivity contribution in [3.05, 3.63) is 71.0 Å². The molecule has 0 heterocycles. The van der Waals surface area contributed by atoms with E-state index in [1.165, 1.54) is 12.1 Å². The van der Waals surface area contributed by atoms with Gasteiger partial charge in [-0.3, -0.25) is 4.90 Å². The lowest BCUT2D eigenvalue weighted by Crippen LogP contribution is -2.43. The topological polar surface area (TPSA) is 49.8 Å². The van der Waals surface area contributed by atoms with Crippen LogP contribution in [0.25, 0.3) is 0 Å². The average Bonchev–Trinajstić information content (AvgIpc) is 3.42. The highest BCUT2D eigenvalue weighted by Crippen LogP contribution is 2.52. The fourth-order valence-electron chi connectivity index (χ4n) is 3.42. The summed E-state index contributed by atoms with van der Waals surface area (Å²) >= 11 is 0. The van der Waals surface area contributed by atoms with Gasteiger partial charge in [0.15, 0.2) is 0 Å². The van der Waals surface area contributed by atoms with Crippen LogP contribution in [0.15, 0.2) is 48.5 Å². The molecule has 1 fully saturated rings. The molecule has 0 saturated heterocycles. The van der Waals surface area contributed by atoms with Crippen LogP contribution in [-0.2, 0) is 23.2 Å². The van der Waals surface area contributed by atoms with E-state index in [1.807, 2.05) is 45.0 Å². The van der Waals surface area contributed by atoms with Crippen LogP contribution in [0.4, 0.5) is 9.18 Å². The molecule has 0 bridgehead atoms. The highest BCUT2D eigenvalue weighted by atomic mass is 19.1. The number of aliphatic hydroxyl groups is 1. The summed E-state index contributed by atoms with van der Waals surface area (Å²) in [6.07, 6.45) is 1.88. The van der Waals surface area contributed by atoms with Crippen LogP contribution in [0.5, 0.6) is 0 Å². The zero-order valence-corrected chi connectivity index (χ0v) is 16.7. The minimum absolute atomic E-state index is 0.108. The van der Waals surface area contributed by atoms with E-state index in [9.17, 15) is 9.18 Å². The Hall–Kier alpha value is -2.40. The van der Waals surface area contributed by atoms with Crippen LogP contribution in [0.3, 0.4) is 0 Å². The third-order valence-electron chi connectivity index (χ3n) is 5.00. The normalized spacial score (nSPS) is 15.2. The van der Waals surface area contributed by atoms with E-state index in [2.05, 4.69) is 0 Å². The van der Waals surface area contributed by atoms with Crippen molar-refractivity contribution in [1.29, 1.82) is 0 Å². The summed E-state index contributed by atoms with van der Waals surface area (Å²) in [6, 6.07) is 14.3. The van der Waals surface area contributed by atoms with Crippen molar-refractivity contribution in [2.24, 2.45) is 0 Å². The summed E-state index contributed by atoms with van der Waals surface area (Å²) in [5, 5.41) is 9.08. The van der Waals surface area contributed by atoms with Gasteiger partial charge in [-0.05, 0) is 68.9 Å². The number of hydrogen-bond donors (Lipinski definition) is 1. The van der Waals surface area contributed by atoms with E-state index in [4.69, 9.17) is 9.84 Å². The lowest BCUT2D eigenvalue weighted by molar-refractivity contribution is 0.00983. The van der Waals surface area contributed by atoms with Crippen molar-refractivity contribution in [1.82, 2.24) is 4.90 Å². The molecule has 2 aromatic carbocycles. The van der Waals surface area contributed by atoms with Crippen molar-refractivity contribution in [2.75, 3.05) is 6.61 Å². The molecule has 1 saturated carbocycles. The Kier molecular flexibility index (Phi) is 5.75. The summed E-state index contributed by atoms with van der Waals surface area (Å²) < 4.78 is 19.1. The van der Waals surface area contributed by atoms with Gasteiger partial charge in [0.2, 0.25) is 0 Å². The average molecular weight is 385 g/mol. The largest absolute Gasteiger partial charge is 0.444 e. The number of nitrogens with zero attached hydrogens (tertiary/aromatic N) is 1. The smallest absolute Gasteiger partial charge is 0.411 e. The molecular formula is C23H28FNO3. The third-order valence-corrected chi connectivity index (χ3v) is 5.00. The molecule has 1 aliphatic rings. The lowest BCUT2D eigenvalue weighted by Gasteiger charge is -2.34. The van der Waals surface area contributed by atoms with Crippen LogP contribution < -0.4 is 0 Å². The number of amides is 1. The first-order valence-electron chi connectivity index (χ1n) is 9.69. The lowest BCUT2D eigenvalue weighted by atomic mass is 10.0. The van der Waals surface area contributed by atoms with Gasteiger partial charge in [-0.2, -0.15) is 0 Å². The summed E-state index contributed by atoms with van der Waals surface area (Å²) in [4.78, 5) is 14.8. The Morgan fingerprint density at radius 3 is 2.14 bits per heavy atom. The second-order valence-corrected chi connectivity index (χ2v) is 8.40. The first-order valence-corrected chi connectivity index (χ1v) is 9.69. The monoisotopic (exact) mass is 385 g/mol. The van der Waals surface area contributed by atoms with Crippen LogP contribution >= 0.6 is 0 Å². The van der Waals surface area contributed by atoms with E-state index in [1.54, 1.807) is 17.0 Å². The molecule has 2 aromatic rings. The minimum atomic E-state index is -0.598. The van der Waals surface area contributed by atoms with Gasteiger partial charge in [-0.1, -0.05) is 36.4 Å². The Morgan fingerprint density at radius 1 is 1.07 bits per heavy atom. The Balaban J connectivity index is 1.89. The number of halogens is 1. The number of aliphatic hydroxyl groups excluding tert-OH is 1. The number of carbonyl (C=O) groups is 1. The first-order chi connectivity index (χ1) is 13.2. The van der Waals surface area contributed by atoms with Crippen LogP contribution in [0, 0.1) is 5.82 Å². The van der Waals surface area contributed by atoms with Crippen molar-refractivity contribution in [3.8, 4) is 0 Å². The first kappa shape index (κ1) is 20.3. The number of carbonyl (C=O) groups excluding carboxylic acids is 1. The van der Waals surface area contributed by atoms with Crippen LogP contribution in [0.2, 0.25) is 0 Å². The molecular weight excluding hydrogens is 357 g/mol. The van der Waals surface area contributed by atoms with E-state index in [0.717, 1.165) is 29.5 Å². The molecule has 28 heavy (non-hydrogen) atoms. The van der Waals surface area contributed by atoms with Crippen molar-refractivity contribution in [2.45, 2.75) is 57.7 Å². The second-order valence-electron chi connectivity index (χ2n) is 8.40. The molecule has 0 aliphatic heterocycles. The molecule has 5 heteroatoms. The van der Waals surface area contributed by atoms with Gasteiger partial charge in [-0.25, -0.2) is 9.18 Å². The van der Waals surface area contributed by atoms with Crippen LogP contribution in [0.1, 0.15) is 50.3 Å².